The van der Waals surface area contributed by atoms with Gasteiger partial charge in [0.2, 0.25) is 5.91 Å². The predicted octanol–water partition coefficient (Wildman–Crippen LogP) is 3.34. The van der Waals surface area contributed by atoms with Crippen molar-refractivity contribution in [2.24, 2.45) is 11.8 Å². The summed E-state index contributed by atoms with van der Waals surface area (Å²) in [5, 5.41) is 2.96. The molecule has 1 heterocycles. The lowest BCUT2D eigenvalue weighted by atomic mass is 9.89. The van der Waals surface area contributed by atoms with E-state index in [2.05, 4.69) is 28.2 Å². The van der Waals surface area contributed by atoms with E-state index in [1.807, 2.05) is 26.8 Å². The fraction of sp³-hybridized carbons (Fsp3) is 0.533. The van der Waals surface area contributed by atoms with Crippen molar-refractivity contribution in [2.75, 3.05) is 11.1 Å². The minimum absolute atomic E-state index is 0.0155. The molecule has 0 radical (unpaired) electrons. The maximum Gasteiger partial charge on any atom is 0.230 e. The van der Waals surface area contributed by atoms with Gasteiger partial charge in [-0.25, -0.2) is 0 Å². The van der Waals surface area contributed by atoms with Crippen molar-refractivity contribution in [1.29, 1.82) is 0 Å². The van der Waals surface area contributed by atoms with Crippen molar-refractivity contribution in [3.63, 3.8) is 0 Å². The van der Waals surface area contributed by atoms with E-state index in [0.29, 0.717) is 11.4 Å². The maximum absolute atomic E-state index is 12.5. The summed E-state index contributed by atoms with van der Waals surface area (Å²) in [6, 6.07) is 3.69. The Labute approximate surface area is 128 Å². The summed E-state index contributed by atoms with van der Waals surface area (Å²) < 4.78 is 6.56. The topological polar surface area (TPSA) is 64.3 Å². The van der Waals surface area contributed by atoms with Crippen LogP contribution < -0.4 is 11.1 Å². The van der Waals surface area contributed by atoms with E-state index in [1.165, 1.54) is 0 Å². The van der Waals surface area contributed by atoms with Gasteiger partial charge in [0.1, 0.15) is 0 Å². The molecule has 1 aromatic rings. The molecule has 3 N–H and O–H groups in total. The van der Waals surface area contributed by atoms with E-state index < -0.39 is 0 Å². The molecule has 2 rings (SSSR count). The molecule has 0 aliphatic carbocycles. The van der Waals surface area contributed by atoms with Crippen LogP contribution in [-0.4, -0.2) is 18.1 Å². The van der Waals surface area contributed by atoms with Crippen LogP contribution in [0.2, 0.25) is 0 Å². The molecule has 4 atom stereocenters. The Kier molecular flexibility index (Phi) is 4.39. The summed E-state index contributed by atoms with van der Waals surface area (Å²) in [5.74, 6) is 0.0456. The zero-order valence-corrected chi connectivity index (χ0v) is 13.8. The van der Waals surface area contributed by atoms with Gasteiger partial charge in [0.25, 0.3) is 0 Å². The molecule has 1 aliphatic heterocycles. The number of aryl methyl sites for hydroxylation is 1. The zero-order chi connectivity index (χ0) is 15.0. The molecule has 0 aromatic heterocycles. The number of rotatable bonds is 2. The number of nitrogens with two attached hydrogens (primary N) is 1. The van der Waals surface area contributed by atoms with E-state index in [4.69, 9.17) is 10.5 Å². The van der Waals surface area contributed by atoms with Crippen molar-refractivity contribution < 1.29 is 9.53 Å². The van der Waals surface area contributed by atoms with Crippen LogP contribution in [0.1, 0.15) is 26.3 Å². The summed E-state index contributed by atoms with van der Waals surface area (Å²) in [5.41, 5.74) is 8.25. The van der Waals surface area contributed by atoms with Crippen LogP contribution in [-0.2, 0) is 9.53 Å². The van der Waals surface area contributed by atoms with Crippen molar-refractivity contribution in [1.82, 2.24) is 0 Å². The molecule has 1 saturated heterocycles. The first-order chi connectivity index (χ1) is 9.31. The highest BCUT2D eigenvalue weighted by atomic mass is 79.9. The van der Waals surface area contributed by atoms with Gasteiger partial charge in [0.15, 0.2) is 0 Å². The van der Waals surface area contributed by atoms with Crippen molar-refractivity contribution >= 4 is 33.2 Å². The highest BCUT2D eigenvalue weighted by molar-refractivity contribution is 9.10. The molecule has 1 fully saturated rings. The Morgan fingerprint density at radius 1 is 1.30 bits per heavy atom. The Morgan fingerprint density at radius 2 is 1.95 bits per heavy atom. The highest BCUT2D eigenvalue weighted by Crippen LogP contribution is 2.34. The third-order valence-electron chi connectivity index (χ3n) is 4.16. The van der Waals surface area contributed by atoms with E-state index in [-0.39, 0.29) is 30.0 Å². The molecule has 1 aromatic carbocycles. The first-order valence-corrected chi connectivity index (χ1v) is 7.62. The predicted molar refractivity (Wildman–Crippen MR) is 84.6 cm³/mol. The lowest BCUT2D eigenvalue weighted by Gasteiger charge is -2.19. The number of ether oxygens (including phenoxy) is 1. The number of carbonyl (C=O) groups is 1. The van der Waals surface area contributed by atoms with Gasteiger partial charge in [-0.1, -0.05) is 6.92 Å². The Hall–Kier alpha value is -1.07. The smallest absolute Gasteiger partial charge is 0.230 e. The van der Waals surface area contributed by atoms with Gasteiger partial charge in [-0.2, -0.15) is 0 Å². The van der Waals surface area contributed by atoms with Gasteiger partial charge in [-0.05, 0) is 60.3 Å². The second kappa shape index (κ2) is 5.74. The van der Waals surface area contributed by atoms with E-state index in [9.17, 15) is 4.79 Å². The van der Waals surface area contributed by atoms with Crippen molar-refractivity contribution in [3.05, 3.63) is 22.2 Å². The first-order valence-electron chi connectivity index (χ1n) is 6.83. The number of amides is 1. The number of hydrogen-bond donors (Lipinski definition) is 2. The van der Waals surface area contributed by atoms with Gasteiger partial charge < -0.3 is 15.8 Å². The fourth-order valence-electron chi connectivity index (χ4n) is 2.72. The number of carbonyl (C=O) groups excluding carboxylic acids is 1. The molecule has 0 bridgehead atoms. The van der Waals surface area contributed by atoms with Gasteiger partial charge in [0.05, 0.1) is 23.8 Å². The average Bonchev–Trinajstić information content (AvgIpc) is 2.60. The molecule has 1 amide bonds. The molecule has 110 valence electrons. The lowest BCUT2D eigenvalue weighted by Crippen LogP contribution is -2.32. The van der Waals surface area contributed by atoms with Crippen LogP contribution in [0.15, 0.2) is 16.6 Å². The Balaban J connectivity index is 2.18. The van der Waals surface area contributed by atoms with E-state index in [0.717, 1.165) is 10.0 Å². The third-order valence-corrected chi connectivity index (χ3v) is 4.81. The number of halogens is 1. The largest absolute Gasteiger partial charge is 0.398 e. The number of nitrogen functional groups attached to an aromatic ring is 1. The third kappa shape index (κ3) is 2.83. The normalized spacial score (nSPS) is 29.4. The standard InChI is InChI=1S/C15H21BrN2O2/c1-7-5-11(16)13(6-12(7)17)18-15(19)14-8(2)9(3)20-10(14)4/h5-6,8-10,14H,17H2,1-4H3,(H,18,19). The Morgan fingerprint density at radius 3 is 2.50 bits per heavy atom. The van der Waals surface area contributed by atoms with Gasteiger partial charge in [-0.15, -0.1) is 0 Å². The van der Waals surface area contributed by atoms with Crippen LogP contribution in [0, 0.1) is 18.8 Å². The van der Waals surface area contributed by atoms with Crippen LogP contribution >= 0.6 is 15.9 Å². The molecular formula is C15H21BrN2O2. The second-order valence-electron chi connectivity index (χ2n) is 5.61. The molecule has 0 saturated carbocycles. The minimum Gasteiger partial charge on any atom is -0.398 e. The quantitative estimate of drug-likeness (QED) is 0.811. The Bertz CT molecular complexity index is 533. The first kappa shape index (κ1) is 15.3. The molecule has 1 aliphatic rings. The van der Waals surface area contributed by atoms with Crippen LogP contribution in [0.25, 0.3) is 0 Å². The number of benzene rings is 1. The van der Waals surface area contributed by atoms with E-state index >= 15 is 0 Å². The average molecular weight is 341 g/mol. The molecule has 4 unspecified atom stereocenters. The molecule has 20 heavy (non-hydrogen) atoms. The monoisotopic (exact) mass is 340 g/mol. The van der Waals surface area contributed by atoms with Crippen LogP contribution in [0.5, 0.6) is 0 Å². The maximum atomic E-state index is 12.5. The van der Waals surface area contributed by atoms with Gasteiger partial charge in [-0.3, -0.25) is 4.79 Å². The van der Waals surface area contributed by atoms with Crippen molar-refractivity contribution in [3.8, 4) is 0 Å². The summed E-state index contributed by atoms with van der Waals surface area (Å²) >= 11 is 3.46. The summed E-state index contributed by atoms with van der Waals surface area (Å²) in [4.78, 5) is 12.5. The summed E-state index contributed by atoms with van der Waals surface area (Å²) in [6.45, 7) is 7.94. The second-order valence-corrected chi connectivity index (χ2v) is 6.46. The van der Waals surface area contributed by atoms with Gasteiger partial charge >= 0.3 is 0 Å². The number of hydrogen-bond acceptors (Lipinski definition) is 3. The number of anilines is 2. The molecule has 0 spiro atoms. The summed E-state index contributed by atoms with van der Waals surface area (Å²) in [7, 11) is 0. The zero-order valence-electron chi connectivity index (χ0n) is 12.2. The lowest BCUT2D eigenvalue weighted by molar-refractivity contribution is -0.121. The highest BCUT2D eigenvalue weighted by Gasteiger charge is 2.41. The minimum atomic E-state index is -0.139. The molecule has 4 nitrogen and oxygen atoms in total. The fourth-order valence-corrected chi connectivity index (χ4v) is 3.28. The van der Waals surface area contributed by atoms with Gasteiger partial charge in [0, 0.05) is 10.2 Å². The molecular weight excluding hydrogens is 320 g/mol. The van der Waals surface area contributed by atoms with Crippen molar-refractivity contribution in [2.45, 2.75) is 39.9 Å². The summed E-state index contributed by atoms with van der Waals surface area (Å²) in [6.07, 6.45) is 0.0360. The van der Waals surface area contributed by atoms with Crippen LogP contribution in [0.3, 0.4) is 0 Å². The molecule has 5 heteroatoms. The van der Waals surface area contributed by atoms with E-state index in [1.54, 1.807) is 6.07 Å². The van der Waals surface area contributed by atoms with Crippen LogP contribution in [0.4, 0.5) is 11.4 Å². The SMILES string of the molecule is Cc1cc(Br)c(NC(=O)C2C(C)OC(C)C2C)cc1N. The number of nitrogens with one attached hydrogen (secondary N) is 1.